The molecule has 4 fully saturated rings. The molecule has 4 saturated carbocycles. The van der Waals surface area contributed by atoms with Gasteiger partial charge in [-0.25, -0.2) is 0 Å². The van der Waals surface area contributed by atoms with E-state index in [1.165, 1.54) is 96.3 Å². The normalized spacial score (nSPS) is 23.0. The number of hydrogen-bond acceptors (Lipinski definition) is 0. The topological polar surface area (TPSA) is 0 Å². The van der Waals surface area contributed by atoms with Crippen LogP contribution in [0, 0.1) is 45.3 Å². The third-order valence-electron chi connectivity index (χ3n) is 10.3. The Labute approximate surface area is 224 Å². The van der Waals surface area contributed by atoms with E-state index in [2.05, 4.69) is 83.1 Å². The van der Waals surface area contributed by atoms with Gasteiger partial charge in [0.1, 0.15) is 0 Å². The molecule has 0 N–H and O–H groups in total. The lowest BCUT2D eigenvalue weighted by molar-refractivity contribution is 0.347. The molecular weight excluding hydrogens is 420 g/mol. The van der Waals surface area contributed by atoms with Crippen LogP contribution in [0.25, 0.3) is 0 Å². The van der Waals surface area contributed by atoms with Crippen molar-refractivity contribution in [1.29, 1.82) is 0 Å². The second-order valence-electron chi connectivity index (χ2n) is 15.5. The fourth-order valence-corrected chi connectivity index (χ4v) is 6.09. The van der Waals surface area contributed by atoms with Gasteiger partial charge in [0.2, 0.25) is 0 Å². The summed E-state index contributed by atoms with van der Waals surface area (Å²) in [6.07, 6.45) is 22.0. The molecule has 4 aliphatic rings. The van der Waals surface area contributed by atoms with Crippen molar-refractivity contribution >= 4 is 0 Å². The highest BCUT2D eigenvalue weighted by atomic mass is 14.5. The lowest BCUT2D eigenvalue weighted by Crippen LogP contribution is -2.06. The molecule has 0 heterocycles. The van der Waals surface area contributed by atoms with Crippen LogP contribution in [0.15, 0.2) is 0 Å². The summed E-state index contributed by atoms with van der Waals surface area (Å²) >= 11 is 0. The monoisotopic (exact) mass is 491 g/mol. The Hall–Kier alpha value is 0. The average molecular weight is 491 g/mol. The van der Waals surface area contributed by atoms with Crippen molar-refractivity contribution in [2.24, 2.45) is 45.3 Å². The van der Waals surface area contributed by atoms with Crippen LogP contribution in [0.1, 0.15) is 179 Å². The Bertz CT molecular complexity index is 521. The molecule has 0 aromatic carbocycles. The molecule has 0 aromatic rings. The summed E-state index contributed by atoms with van der Waals surface area (Å²) in [5, 5.41) is 0. The zero-order valence-corrected chi connectivity index (χ0v) is 26.9. The summed E-state index contributed by atoms with van der Waals surface area (Å²) in [7, 11) is 0. The van der Waals surface area contributed by atoms with Gasteiger partial charge in [0.05, 0.1) is 0 Å². The minimum absolute atomic E-state index is 0.782. The van der Waals surface area contributed by atoms with Crippen molar-refractivity contribution in [2.75, 3.05) is 0 Å². The first kappa shape index (κ1) is 33.0. The Kier molecular flexibility index (Phi) is 13.4. The largest absolute Gasteiger partial charge is 0.0649 e. The maximum absolute atomic E-state index is 2.41. The van der Waals surface area contributed by atoms with Crippen LogP contribution in [-0.2, 0) is 0 Å². The van der Waals surface area contributed by atoms with Crippen molar-refractivity contribution < 1.29 is 0 Å². The molecular formula is C35H70. The van der Waals surface area contributed by atoms with Gasteiger partial charge in [-0.3, -0.25) is 0 Å². The van der Waals surface area contributed by atoms with Gasteiger partial charge in [-0.2, -0.15) is 0 Å². The van der Waals surface area contributed by atoms with E-state index in [9.17, 15) is 0 Å². The summed E-state index contributed by atoms with van der Waals surface area (Å²) in [5.41, 5.74) is 3.20. The maximum Gasteiger partial charge on any atom is -0.0277 e. The third kappa shape index (κ3) is 13.4. The van der Waals surface area contributed by atoms with Crippen molar-refractivity contribution in [1.82, 2.24) is 0 Å². The molecule has 4 rings (SSSR count). The predicted octanol–water partition coefficient (Wildman–Crippen LogP) is 12.5. The molecule has 0 unspecified atom stereocenters. The summed E-state index contributed by atoms with van der Waals surface area (Å²) in [6, 6.07) is 0. The van der Waals surface area contributed by atoms with Gasteiger partial charge in [0.25, 0.3) is 0 Å². The van der Waals surface area contributed by atoms with Gasteiger partial charge in [-0.05, 0) is 116 Å². The van der Waals surface area contributed by atoms with Crippen LogP contribution in [0.5, 0.6) is 0 Å². The molecule has 0 amide bonds. The molecule has 0 bridgehead atoms. The van der Waals surface area contributed by atoms with Crippen molar-refractivity contribution in [3.8, 4) is 0 Å². The van der Waals surface area contributed by atoms with E-state index < -0.39 is 0 Å². The number of hydrogen-bond donors (Lipinski definition) is 0. The molecule has 35 heavy (non-hydrogen) atoms. The molecule has 0 heteroatoms. The standard InChI is InChI=1S/3C9H18.C8H16/c1-8(2)4-5-9(3)6-7-9;2*1-4-9(5-6-9)7-8(2)3;1-4-8(5-6-8)7(2)3/h3*8H,4-7H2,1-3H3;7H,4-6H2,1-3H3. The van der Waals surface area contributed by atoms with Gasteiger partial charge < -0.3 is 0 Å². The first-order valence-corrected chi connectivity index (χ1v) is 16.2. The molecule has 4 aliphatic carbocycles. The quantitative estimate of drug-likeness (QED) is 0.270. The van der Waals surface area contributed by atoms with Crippen LogP contribution >= 0.6 is 0 Å². The predicted molar refractivity (Wildman–Crippen MR) is 161 cm³/mol. The van der Waals surface area contributed by atoms with E-state index in [1.807, 2.05) is 0 Å². The second kappa shape index (κ2) is 14.2. The van der Waals surface area contributed by atoms with Crippen molar-refractivity contribution in [3.05, 3.63) is 0 Å². The summed E-state index contributed by atoms with van der Waals surface area (Å²) < 4.78 is 0. The zero-order chi connectivity index (χ0) is 26.9. The average Bonchev–Trinajstić information content (AvgIpc) is 3.61. The smallest absolute Gasteiger partial charge is 0.0277 e. The second-order valence-corrected chi connectivity index (χ2v) is 15.5. The summed E-state index contributed by atoms with van der Waals surface area (Å²) in [6.45, 7) is 28.0. The highest BCUT2D eigenvalue weighted by Crippen LogP contribution is 2.55. The zero-order valence-electron chi connectivity index (χ0n) is 26.9. The SMILES string of the molecule is CC(C)CCC1(C)CC1.CCC1(C(C)C)CC1.CCC1(CC(C)C)CC1.CCC1(CC(C)C)CC1. The van der Waals surface area contributed by atoms with E-state index in [-0.39, 0.29) is 0 Å². The highest BCUT2D eigenvalue weighted by Gasteiger charge is 2.43. The summed E-state index contributed by atoms with van der Waals surface area (Å²) in [4.78, 5) is 0. The van der Waals surface area contributed by atoms with Crippen LogP contribution in [-0.4, -0.2) is 0 Å². The Morgan fingerprint density at radius 2 is 0.914 bits per heavy atom. The lowest BCUT2D eigenvalue weighted by Gasteiger charge is -2.15. The van der Waals surface area contributed by atoms with E-state index in [1.54, 1.807) is 0 Å². The molecule has 0 radical (unpaired) electrons. The van der Waals surface area contributed by atoms with Gasteiger partial charge >= 0.3 is 0 Å². The first-order valence-electron chi connectivity index (χ1n) is 16.2. The van der Waals surface area contributed by atoms with Gasteiger partial charge in [0, 0.05) is 0 Å². The Balaban J connectivity index is 0.000000234. The molecule has 0 spiro atoms. The van der Waals surface area contributed by atoms with Crippen LogP contribution < -0.4 is 0 Å². The van der Waals surface area contributed by atoms with Crippen molar-refractivity contribution in [3.63, 3.8) is 0 Å². The molecule has 0 nitrogen and oxygen atoms in total. The van der Waals surface area contributed by atoms with E-state index >= 15 is 0 Å². The van der Waals surface area contributed by atoms with Crippen LogP contribution in [0.3, 0.4) is 0 Å². The molecule has 210 valence electrons. The van der Waals surface area contributed by atoms with Gasteiger partial charge in [-0.1, -0.05) is 109 Å². The molecule has 0 atom stereocenters. The van der Waals surface area contributed by atoms with E-state index in [4.69, 9.17) is 0 Å². The molecule has 0 saturated heterocycles. The first-order chi connectivity index (χ1) is 16.2. The molecule has 0 aliphatic heterocycles. The summed E-state index contributed by atoms with van der Waals surface area (Å²) in [5.74, 6) is 3.65. The third-order valence-corrected chi connectivity index (χ3v) is 10.3. The van der Waals surface area contributed by atoms with E-state index in [0.29, 0.717) is 0 Å². The lowest BCUT2D eigenvalue weighted by atomic mass is 9.90. The minimum atomic E-state index is 0.782. The Morgan fingerprint density at radius 1 is 0.514 bits per heavy atom. The van der Waals surface area contributed by atoms with Gasteiger partial charge in [-0.15, -0.1) is 0 Å². The maximum atomic E-state index is 2.41. The minimum Gasteiger partial charge on any atom is -0.0649 e. The van der Waals surface area contributed by atoms with E-state index in [0.717, 1.165) is 45.3 Å². The van der Waals surface area contributed by atoms with Crippen LogP contribution in [0.2, 0.25) is 0 Å². The Morgan fingerprint density at radius 3 is 1.03 bits per heavy atom. The fourth-order valence-electron chi connectivity index (χ4n) is 6.09. The van der Waals surface area contributed by atoms with Crippen LogP contribution in [0.4, 0.5) is 0 Å². The molecule has 0 aromatic heterocycles. The van der Waals surface area contributed by atoms with Crippen molar-refractivity contribution in [2.45, 2.75) is 179 Å². The highest BCUT2D eigenvalue weighted by molar-refractivity contribution is 4.94. The fraction of sp³-hybridized carbons (Fsp3) is 1.00. The van der Waals surface area contributed by atoms with Gasteiger partial charge in [0.15, 0.2) is 0 Å². The number of rotatable bonds is 11.